The fourth-order valence-electron chi connectivity index (χ4n) is 3.88. The van der Waals surface area contributed by atoms with Crippen LogP contribution in [0.2, 0.25) is 0 Å². The molecule has 0 fully saturated rings. The second-order valence-electron chi connectivity index (χ2n) is 7.09. The fourth-order valence-corrected chi connectivity index (χ4v) is 3.88. The van der Waals surface area contributed by atoms with Crippen LogP contribution in [0.5, 0.6) is 11.5 Å². The number of nitrogens with one attached hydrogen (secondary N) is 1. The Morgan fingerprint density at radius 3 is 2.50 bits per heavy atom. The summed E-state index contributed by atoms with van der Waals surface area (Å²) in [5.41, 5.74) is 1.30. The Labute approximate surface area is 171 Å². The van der Waals surface area contributed by atoms with Gasteiger partial charge in [0.1, 0.15) is 17.1 Å². The third kappa shape index (κ3) is 2.99. The first-order chi connectivity index (χ1) is 14.6. The second kappa shape index (κ2) is 7.08. The smallest absolute Gasteiger partial charge is 0.344 e. The molecule has 2 atom stereocenters. The number of phenols is 1. The highest BCUT2D eigenvalue weighted by Crippen LogP contribution is 2.44. The third-order valence-corrected chi connectivity index (χ3v) is 5.19. The number of carbonyl (C=O) groups is 1. The Hall–Kier alpha value is -4.06. The van der Waals surface area contributed by atoms with Gasteiger partial charge in [-0.1, -0.05) is 42.5 Å². The number of fused-ring (bicyclic) bond motifs is 3. The molecule has 3 aromatic carbocycles. The molecule has 0 spiro atoms. The van der Waals surface area contributed by atoms with Crippen molar-refractivity contribution in [2.75, 3.05) is 5.32 Å². The summed E-state index contributed by atoms with van der Waals surface area (Å²) in [6.45, 7) is 0. The first-order valence-electron chi connectivity index (χ1n) is 9.49. The van der Waals surface area contributed by atoms with Gasteiger partial charge in [0.15, 0.2) is 6.10 Å². The molecule has 30 heavy (non-hydrogen) atoms. The minimum atomic E-state index is -1.00. The lowest BCUT2D eigenvalue weighted by atomic mass is 9.88. The number of hydrogen-bond acceptors (Lipinski definition) is 5. The van der Waals surface area contributed by atoms with E-state index in [1.165, 1.54) is 12.1 Å². The number of amides is 1. The average Bonchev–Trinajstić information content (AvgIpc) is 3.16. The van der Waals surface area contributed by atoms with E-state index < -0.39 is 23.6 Å². The van der Waals surface area contributed by atoms with Crippen LogP contribution in [0.15, 0.2) is 88.1 Å². The number of anilines is 1. The van der Waals surface area contributed by atoms with Crippen LogP contribution in [0.1, 0.15) is 17.0 Å². The van der Waals surface area contributed by atoms with E-state index in [0.717, 1.165) is 0 Å². The van der Waals surface area contributed by atoms with Gasteiger partial charge in [-0.25, -0.2) is 4.79 Å². The van der Waals surface area contributed by atoms with Gasteiger partial charge in [-0.05, 0) is 42.0 Å². The summed E-state index contributed by atoms with van der Waals surface area (Å²) in [4.78, 5) is 26.0. The van der Waals surface area contributed by atoms with E-state index in [4.69, 9.17) is 9.15 Å². The number of para-hydroxylation sites is 2. The maximum Gasteiger partial charge on any atom is 0.344 e. The summed E-state index contributed by atoms with van der Waals surface area (Å²) < 4.78 is 11.6. The van der Waals surface area contributed by atoms with E-state index >= 15 is 0 Å². The molecule has 0 radical (unpaired) electrons. The number of aromatic hydroxyl groups is 1. The topological polar surface area (TPSA) is 88.8 Å². The molecular weight excluding hydrogens is 382 g/mol. The van der Waals surface area contributed by atoms with Gasteiger partial charge >= 0.3 is 5.63 Å². The minimum Gasteiger partial charge on any atom is -0.508 e. The van der Waals surface area contributed by atoms with Gasteiger partial charge in [0.05, 0.1) is 16.9 Å². The lowest BCUT2D eigenvalue weighted by Crippen LogP contribution is -2.35. The molecule has 6 heteroatoms. The van der Waals surface area contributed by atoms with Gasteiger partial charge in [0.2, 0.25) is 0 Å². The SMILES string of the molecule is O=C(Nc1ccccc1)[C@H]1Oc2c(c(=O)oc3ccccc23)[C@@H]1c1cccc(O)c1. The maximum absolute atomic E-state index is 13.2. The summed E-state index contributed by atoms with van der Waals surface area (Å²) in [6.07, 6.45) is -1.00. The molecule has 1 aromatic heterocycles. The fraction of sp³-hybridized carbons (Fsp3) is 0.0833. The normalized spacial score (nSPS) is 17.3. The lowest BCUT2D eigenvalue weighted by Gasteiger charge is -2.19. The number of ether oxygens (including phenoxy) is 1. The van der Waals surface area contributed by atoms with E-state index in [1.54, 1.807) is 42.5 Å². The van der Waals surface area contributed by atoms with Gasteiger partial charge in [-0.15, -0.1) is 0 Å². The predicted molar refractivity (Wildman–Crippen MR) is 112 cm³/mol. The zero-order chi connectivity index (χ0) is 20.7. The van der Waals surface area contributed by atoms with E-state index in [2.05, 4.69) is 5.32 Å². The monoisotopic (exact) mass is 399 g/mol. The summed E-state index contributed by atoms with van der Waals surface area (Å²) in [5.74, 6) is -0.748. The van der Waals surface area contributed by atoms with Gasteiger partial charge < -0.3 is 19.6 Å². The van der Waals surface area contributed by atoms with Crippen LogP contribution in [0.25, 0.3) is 11.0 Å². The number of carbonyl (C=O) groups excluding carboxylic acids is 1. The molecule has 0 bridgehead atoms. The number of hydrogen-bond donors (Lipinski definition) is 2. The molecule has 4 aromatic rings. The minimum absolute atomic E-state index is 0.0355. The van der Waals surface area contributed by atoms with Gasteiger partial charge in [0, 0.05) is 5.69 Å². The van der Waals surface area contributed by atoms with Crippen molar-refractivity contribution in [3.63, 3.8) is 0 Å². The number of rotatable bonds is 3. The lowest BCUT2D eigenvalue weighted by molar-refractivity contribution is -0.122. The first kappa shape index (κ1) is 18.0. The Morgan fingerprint density at radius 1 is 0.933 bits per heavy atom. The number of benzene rings is 3. The molecule has 1 aliphatic rings. The predicted octanol–water partition coefficient (Wildman–Crippen LogP) is 4.03. The Balaban J connectivity index is 1.66. The largest absolute Gasteiger partial charge is 0.508 e. The second-order valence-corrected chi connectivity index (χ2v) is 7.09. The molecule has 0 saturated carbocycles. The van der Waals surface area contributed by atoms with E-state index in [9.17, 15) is 14.7 Å². The van der Waals surface area contributed by atoms with Crippen LogP contribution in [-0.2, 0) is 4.79 Å². The van der Waals surface area contributed by atoms with Gasteiger partial charge in [-0.3, -0.25) is 4.79 Å². The van der Waals surface area contributed by atoms with Crippen molar-refractivity contribution >= 4 is 22.6 Å². The number of phenolic OH excluding ortho intramolecular Hbond substituents is 1. The zero-order valence-corrected chi connectivity index (χ0v) is 15.7. The van der Waals surface area contributed by atoms with Gasteiger partial charge in [-0.2, -0.15) is 0 Å². The molecule has 0 aliphatic carbocycles. The van der Waals surface area contributed by atoms with Crippen LogP contribution in [-0.4, -0.2) is 17.1 Å². The van der Waals surface area contributed by atoms with Crippen LogP contribution in [0.3, 0.4) is 0 Å². The van der Waals surface area contributed by atoms with E-state index in [1.807, 2.05) is 24.3 Å². The standard InChI is InChI=1S/C24H17NO5/c26-16-10-6-7-14(13-16)19-20-21(17-11-4-5-12-18(17)29-24(20)28)30-22(19)23(27)25-15-8-2-1-3-9-15/h1-13,19,22,26H,(H,25,27)/t19-,22-/m0/s1. The Bertz CT molecular complexity index is 1310. The molecule has 0 unspecified atom stereocenters. The van der Waals surface area contributed by atoms with Crippen molar-refractivity contribution in [2.24, 2.45) is 0 Å². The molecule has 2 N–H and O–H groups in total. The third-order valence-electron chi connectivity index (χ3n) is 5.19. The summed E-state index contributed by atoms with van der Waals surface area (Å²) >= 11 is 0. The summed E-state index contributed by atoms with van der Waals surface area (Å²) in [6, 6.07) is 22.5. The first-order valence-corrected chi connectivity index (χ1v) is 9.49. The van der Waals surface area contributed by atoms with E-state index in [-0.39, 0.29) is 11.3 Å². The quantitative estimate of drug-likeness (QED) is 0.508. The summed E-state index contributed by atoms with van der Waals surface area (Å²) in [7, 11) is 0. The molecule has 6 nitrogen and oxygen atoms in total. The van der Waals surface area contributed by atoms with E-state index in [0.29, 0.717) is 28.0 Å². The maximum atomic E-state index is 13.2. The Morgan fingerprint density at radius 2 is 1.70 bits per heavy atom. The van der Waals surface area contributed by atoms with Crippen molar-refractivity contribution < 1.29 is 19.1 Å². The van der Waals surface area contributed by atoms with Crippen molar-refractivity contribution in [2.45, 2.75) is 12.0 Å². The zero-order valence-electron chi connectivity index (χ0n) is 15.7. The van der Waals surface area contributed by atoms with Crippen molar-refractivity contribution in [3.8, 4) is 11.5 Å². The van der Waals surface area contributed by atoms with Crippen LogP contribution in [0, 0.1) is 0 Å². The highest BCUT2D eigenvalue weighted by atomic mass is 16.5. The van der Waals surface area contributed by atoms with Crippen molar-refractivity contribution in [3.05, 3.63) is 100 Å². The van der Waals surface area contributed by atoms with Crippen molar-refractivity contribution in [1.82, 2.24) is 0 Å². The van der Waals surface area contributed by atoms with Crippen molar-refractivity contribution in [1.29, 1.82) is 0 Å². The highest BCUT2D eigenvalue weighted by Gasteiger charge is 2.44. The van der Waals surface area contributed by atoms with Crippen LogP contribution < -0.4 is 15.7 Å². The van der Waals surface area contributed by atoms with Crippen LogP contribution >= 0.6 is 0 Å². The van der Waals surface area contributed by atoms with Gasteiger partial charge in [0.25, 0.3) is 5.91 Å². The molecule has 5 rings (SSSR count). The molecule has 148 valence electrons. The Kier molecular flexibility index (Phi) is 4.25. The van der Waals surface area contributed by atoms with Crippen LogP contribution in [0.4, 0.5) is 5.69 Å². The molecule has 2 heterocycles. The highest BCUT2D eigenvalue weighted by molar-refractivity contribution is 5.97. The molecule has 1 amide bonds. The molecule has 0 saturated heterocycles. The molecular formula is C24H17NO5. The molecule has 1 aliphatic heterocycles. The summed E-state index contributed by atoms with van der Waals surface area (Å²) in [5, 5.41) is 13.4. The average molecular weight is 399 g/mol.